The molecule has 0 aromatic heterocycles. The number of halogens is 1. The van der Waals surface area contributed by atoms with Crippen LogP contribution in [0.15, 0.2) is 18.2 Å². The second-order valence-corrected chi connectivity index (χ2v) is 3.69. The number of rotatable bonds is 6. The molecule has 0 atom stereocenters. The molecule has 0 heterocycles. The van der Waals surface area contributed by atoms with Crippen LogP contribution < -0.4 is 9.47 Å². The zero-order chi connectivity index (χ0) is 12.0. The Hall–Kier alpha value is -1.22. The second-order valence-electron chi connectivity index (χ2n) is 3.31. The lowest BCUT2D eigenvalue weighted by molar-refractivity contribution is 0.101. The molecule has 0 amide bonds. The molecular weight excluding hydrogens is 228 g/mol. The van der Waals surface area contributed by atoms with Crippen molar-refractivity contribution in [2.45, 2.75) is 13.3 Å². The lowest BCUT2D eigenvalue weighted by Gasteiger charge is -2.09. The summed E-state index contributed by atoms with van der Waals surface area (Å²) in [5.41, 5.74) is 0.562. The quantitative estimate of drug-likeness (QED) is 0.437. The summed E-state index contributed by atoms with van der Waals surface area (Å²) in [6.45, 7) is 2.07. The van der Waals surface area contributed by atoms with Gasteiger partial charge in [0.15, 0.2) is 5.78 Å². The van der Waals surface area contributed by atoms with Crippen LogP contribution in [0.25, 0.3) is 0 Å². The van der Waals surface area contributed by atoms with E-state index in [2.05, 4.69) is 0 Å². The Labute approximate surface area is 100 Å². The molecule has 0 saturated heterocycles. The average molecular weight is 243 g/mol. The minimum Gasteiger partial charge on any atom is -0.496 e. The van der Waals surface area contributed by atoms with Gasteiger partial charge < -0.3 is 9.47 Å². The number of Topliss-reactive ketones (excluding diaryl/α,β-unsaturated/α-hetero) is 1. The van der Waals surface area contributed by atoms with Crippen LogP contribution in [-0.4, -0.2) is 25.4 Å². The number of alkyl halides is 1. The van der Waals surface area contributed by atoms with E-state index in [4.69, 9.17) is 21.1 Å². The normalized spacial score (nSPS) is 9.94. The van der Waals surface area contributed by atoms with E-state index in [0.29, 0.717) is 29.5 Å². The molecule has 3 nitrogen and oxygen atoms in total. The first-order valence-corrected chi connectivity index (χ1v) is 5.60. The average Bonchev–Trinajstić information content (AvgIpc) is 2.29. The van der Waals surface area contributed by atoms with Crippen molar-refractivity contribution in [1.29, 1.82) is 0 Å². The van der Waals surface area contributed by atoms with Crippen LogP contribution in [0.5, 0.6) is 11.5 Å². The maximum atomic E-state index is 11.3. The largest absolute Gasteiger partial charge is 0.496 e. The maximum absolute atomic E-state index is 11.3. The summed E-state index contributed by atoms with van der Waals surface area (Å²) in [7, 11) is 1.53. The lowest BCUT2D eigenvalue weighted by Crippen LogP contribution is -2.01. The molecule has 0 N–H and O–H groups in total. The molecular formula is C12H15ClO3. The Bertz CT molecular complexity index is 363. The minimum absolute atomic E-state index is 0.0239. The summed E-state index contributed by atoms with van der Waals surface area (Å²) in [4.78, 5) is 11.3. The molecule has 1 aromatic carbocycles. The van der Waals surface area contributed by atoms with E-state index in [1.165, 1.54) is 14.0 Å². The van der Waals surface area contributed by atoms with E-state index in [1.54, 1.807) is 18.2 Å². The summed E-state index contributed by atoms with van der Waals surface area (Å²) in [5.74, 6) is 1.77. The zero-order valence-electron chi connectivity index (χ0n) is 9.46. The number of benzene rings is 1. The fourth-order valence-electron chi connectivity index (χ4n) is 1.30. The highest BCUT2D eigenvalue weighted by Gasteiger charge is 2.08. The summed E-state index contributed by atoms with van der Waals surface area (Å²) in [6, 6.07) is 5.18. The molecule has 1 aromatic rings. The third kappa shape index (κ3) is 3.42. The van der Waals surface area contributed by atoms with Gasteiger partial charge in [0.1, 0.15) is 11.5 Å². The SMILES string of the molecule is COc1cc(OCCCCl)ccc1C(C)=O. The highest BCUT2D eigenvalue weighted by molar-refractivity contribution is 6.17. The van der Waals surface area contributed by atoms with Crippen molar-refractivity contribution < 1.29 is 14.3 Å². The molecule has 0 fully saturated rings. The van der Waals surface area contributed by atoms with Crippen molar-refractivity contribution in [3.63, 3.8) is 0 Å². The molecule has 0 aliphatic heterocycles. The van der Waals surface area contributed by atoms with Gasteiger partial charge in [-0.05, 0) is 25.5 Å². The van der Waals surface area contributed by atoms with Crippen LogP contribution in [-0.2, 0) is 0 Å². The van der Waals surface area contributed by atoms with E-state index >= 15 is 0 Å². The number of ether oxygens (including phenoxy) is 2. The lowest BCUT2D eigenvalue weighted by atomic mass is 10.1. The molecule has 0 unspecified atom stereocenters. The molecule has 1 rings (SSSR count). The number of hydrogen-bond donors (Lipinski definition) is 0. The van der Waals surface area contributed by atoms with Crippen LogP contribution in [0.4, 0.5) is 0 Å². The third-order valence-electron chi connectivity index (χ3n) is 2.10. The first-order chi connectivity index (χ1) is 7.69. The van der Waals surface area contributed by atoms with Crippen molar-refractivity contribution in [1.82, 2.24) is 0 Å². The molecule has 4 heteroatoms. The topological polar surface area (TPSA) is 35.5 Å². The van der Waals surface area contributed by atoms with Crippen molar-refractivity contribution in [2.75, 3.05) is 19.6 Å². The first-order valence-electron chi connectivity index (χ1n) is 5.06. The summed E-state index contributed by atoms with van der Waals surface area (Å²) >= 11 is 5.54. The number of methoxy groups -OCH3 is 1. The Morgan fingerprint density at radius 3 is 2.75 bits per heavy atom. The monoisotopic (exact) mass is 242 g/mol. The highest BCUT2D eigenvalue weighted by Crippen LogP contribution is 2.25. The van der Waals surface area contributed by atoms with Gasteiger partial charge in [-0.1, -0.05) is 0 Å². The first kappa shape index (κ1) is 12.8. The van der Waals surface area contributed by atoms with E-state index in [0.717, 1.165) is 6.42 Å². The van der Waals surface area contributed by atoms with Gasteiger partial charge in [-0.2, -0.15) is 0 Å². The molecule has 0 saturated carbocycles. The van der Waals surface area contributed by atoms with Gasteiger partial charge in [0.25, 0.3) is 0 Å². The predicted molar refractivity (Wildman–Crippen MR) is 63.8 cm³/mol. The van der Waals surface area contributed by atoms with Gasteiger partial charge in [-0.15, -0.1) is 11.6 Å². The standard InChI is InChI=1S/C12H15ClO3/c1-9(14)11-5-4-10(8-12(11)15-2)16-7-3-6-13/h4-5,8H,3,6-7H2,1-2H3. The minimum atomic E-state index is -0.0239. The Morgan fingerprint density at radius 1 is 1.44 bits per heavy atom. The molecule has 16 heavy (non-hydrogen) atoms. The van der Waals surface area contributed by atoms with Gasteiger partial charge in [0, 0.05) is 11.9 Å². The van der Waals surface area contributed by atoms with Crippen molar-refractivity contribution in [3.05, 3.63) is 23.8 Å². The van der Waals surface area contributed by atoms with Crippen molar-refractivity contribution >= 4 is 17.4 Å². The van der Waals surface area contributed by atoms with E-state index in [-0.39, 0.29) is 5.78 Å². The van der Waals surface area contributed by atoms with Gasteiger partial charge >= 0.3 is 0 Å². The third-order valence-corrected chi connectivity index (χ3v) is 2.37. The maximum Gasteiger partial charge on any atom is 0.163 e. The van der Waals surface area contributed by atoms with Gasteiger partial charge in [-0.25, -0.2) is 0 Å². The van der Waals surface area contributed by atoms with Crippen LogP contribution in [0, 0.1) is 0 Å². The molecule has 0 aliphatic carbocycles. The second kappa shape index (κ2) is 6.38. The number of hydrogen-bond acceptors (Lipinski definition) is 3. The number of carbonyl (C=O) groups excluding carboxylic acids is 1. The number of carbonyl (C=O) groups is 1. The smallest absolute Gasteiger partial charge is 0.163 e. The van der Waals surface area contributed by atoms with Crippen LogP contribution in [0.1, 0.15) is 23.7 Å². The Kier molecular flexibility index (Phi) is 5.12. The van der Waals surface area contributed by atoms with E-state index < -0.39 is 0 Å². The van der Waals surface area contributed by atoms with Gasteiger partial charge in [-0.3, -0.25) is 4.79 Å². The predicted octanol–water partition coefficient (Wildman–Crippen LogP) is 2.91. The van der Waals surface area contributed by atoms with Gasteiger partial charge in [0.05, 0.1) is 19.3 Å². The van der Waals surface area contributed by atoms with Crippen molar-refractivity contribution in [2.24, 2.45) is 0 Å². The Balaban J connectivity index is 2.78. The van der Waals surface area contributed by atoms with Crippen molar-refractivity contribution in [3.8, 4) is 11.5 Å². The summed E-state index contributed by atoms with van der Waals surface area (Å²) < 4.78 is 10.6. The van der Waals surface area contributed by atoms with Crippen LogP contribution in [0.2, 0.25) is 0 Å². The molecule has 0 radical (unpaired) electrons. The van der Waals surface area contributed by atoms with E-state index in [1.807, 2.05) is 0 Å². The number of ketones is 1. The Morgan fingerprint density at radius 2 is 2.19 bits per heavy atom. The fourth-order valence-corrected chi connectivity index (χ4v) is 1.41. The highest BCUT2D eigenvalue weighted by atomic mass is 35.5. The molecule has 0 aliphatic rings. The van der Waals surface area contributed by atoms with E-state index in [9.17, 15) is 4.79 Å². The fraction of sp³-hybridized carbons (Fsp3) is 0.417. The molecule has 0 spiro atoms. The zero-order valence-corrected chi connectivity index (χ0v) is 10.2. The van der Waals surface area contributed by atoms with Gasteiger partial charge in [0.2, 0.25) is 0 Å². The molecule has 88 valence electrons. The molecule has 0 bridgehead atoms. The van der Waals surface area contributed by atoms with Crippen LogP contribution in [0.3, 0.4) is 0 Å². The summed E-state index contributed by atoms with van der Waals surface area (Å²) in [6.07, 6.45) is 0.790. The van der Waals surface area contributed by atoms with Crippen LogP contribution >= 0.6 is 11.6 Å². The summed E-state index contributed by atoms with van der Waals surface area (Å²) in [5, 5.41) is 0.